The number of guanidine groups is 1. The van der Waals surface area contributed by atoms with Gasteiger partial charge in [0.15, 0.2) is 5.96 Å². The summed E-state index contributed by atoms with van der Waals surface area (Å²) in [5.41, 5.74) is 12.4. The summed E-state index contributed by atoms with van der Waals surface area (Å²) in [5, 5.41) is 5.85. The van der Waals surface area contributed by atoms with Crippen molar-refractivity contribution in [3.8, 4) is 0 Å². The molecule has 3 aromatic rings. The Morgan fingerprint density at radius 3 is 2.87 bits per heavy atom. The normalized spacial score (nSPS) is 18.8. The Balaban J connectivity index is 1.49. The summed E-state index contributed by atoms with van der Waals surface area (Å²) in [6.45, 7) is 0. The summed E-state index contributed by atoms with van der Waals surface area (Å²) < 4.78 is 0. The van der Waals surface area contributed by atoms with Crippen molar-refractivity contribution in [3.05, 3.63) is 56.0 Å². The molecule has 1 aromatic carbocycles. The molecular weight excluding hydrogens is 402 g/mol. The van der Waals surface area contributed by atoms with Crippen LogP contribution in [0.25, 0.3) is 0 Å². The maximum Gasteiger partial charge on any atom is 0.253 e. The zero-order chi connectivity index (χ0) is 21.3. The second kappa shape index (κ2) is 8.23. The van der Waals surface area contributed by atoms with E-state index in [2.05, 4.69) is 20.3 Å². The lowest BCUT2D eigenvalue weighted by molar-refractivity contribution is 0.406. The van der Waals surface area contributed by atoms with Crippen molar-refractivity contribution < 1.29 is 0 Å². The highest BCUT2D eigenvalue weighted by Crippen LogP contribution is 2.37. The molecule has 2 heterocycles. The smallest absolute Gasteiger partial charge is 0.253 e. The van der Waals surface area contributed by atoms with E-state index in [0.29, 0.717) is 16.5 Å². The van der Waals surface area contributed by atoms with Crippen LogP contribution in [0.5, 0.6) is 0 Å². The molecule has 30 heavy (non-hydrogen) atoms. The number of hydrogen-bond donors (Lipinski definition) is 3. The van der Waals surface area contributed by atoms with Gasteiger partial charge in [0.05, 0.1) is 17.6 Å². The van der Waals surface area contributed by atoms with Gasteiger partial charge in [-0.05, 0) is 31.4 Å². The highest BCUT2D eigenvalue weighted by molar-refractivity contribution is 7.13. The Hall–Kier alpha value is -3.27. The van der Waals surface area contributed by atoms with Gasteiger partial charge in [0.2, 0.25) is 5.13 Å². The van der Waals surface area contributed by atoms with Gasteiger partial charge in [-0.25, -0.2) is 4.98 Å². The first-order valence-electron chi connectivity index (χ1n) is 9.72. The van der Waals surface area contributed by atoms with E-state index in [1.807, 2.05) is 11.4 Å². The predicted molar refractivity (Wildman–Crippen MR) is 120 cm³/mol. The lowest BCUT2D eigenvalue weighted by Crippen LogP contribution is -2.42. The first kappa shape index (κ1) is 20.0. The molecule has 1 aliphatic carbocycles. The van der Waals surface area contributed by atoms with E-state index in [1.165, 1.54) is 11.3 Å². The van der Waals surface area contributed by atoms with Crippen LogP contribution in [0.4, 0.5) is 22.2 Å². The number of nitrogens with zero attached hydrogens (tertiary/aromatic N) is 4. The van der Waals surface area contributed by atoms with Gasteiger partial charge in [-0.1, -0.05) is 6.42 Å². The highest BCUT2D eigenvalue weighted by atomic mass is 32.1. The molecule has 0 amide bonds. The molecule has 10 heteroatoms. The summed E-state index contributed by atoms with van der Waals surface area (Å²) >= 11 is 1.41. The Labute approximate surface area is 177 Å². The minimum atomic E-state index is -0.474. The van der Waals surface area contributed by atoms with Gasteiger partial charge in [0, 0.05) is 30.6 Å². The SMILES string of the molecule is CN(c1cccnc1)c1c(NC2CCCC(c3csc(N=C(N)N)n3)C2)c(=O)c1=O. The third kappa shape index (κ3) is 3.90. The molecule has 2 unspecified atom stereocenters. The van der Waals surface area contributed by atoms with Gasteiger partial charge < -0.3 is 21.7 Å². The van der Waals surface area contributed by atoms with Crippen LogP contribution in [0.3, 0.4) is 0 Å². The lowest BCUT2D eigenvalue weighted by atomic mass is 9.84. The van der Waals surface area contributed by atoms with Gasteiger partial charge in [-0.3, -0.25) is 14.6 Å². The van der Waals surface area contributed by atoms with Crippen molar-refractivity contribution in [1.82, 2.24) is 9.97 Å². The van der Waals surface area contributed by atoms with Crippen LogP contribution < -0.4 is 32.5 Å². The molecule has 1 saturated carbocycles. The largest absolute Gasteiger partial charge is 0.377 e. The number of aromatic nitrogens is 2. The van der Waals surface area contributed by atoms with Crippen molar-refractivity contribution >= 4 is 39.5 Å². The van der Waals surface area contributed by atoms with Crippen molar-refractivity contribution in [2.75, 3.05) is 17.3 Å². The highest BCUT2D eigenvalue weighted by Gasteiger charge is 2.30. The summed E-state index contributed by atoms with van der Waals surface area (Å²) in [6, 6.07) is 3.72. The summed E-state index contributed by atoms with van der Waals surface area (Å²) in [5.74, 6) is 0.242. The zero-order valence-electron chi connectivity index (χ0n) is 16.5. The maximum absolute atomic E-state index is 12.3. The van der Waals surface area contributed by atoms with Crippen LogP contribution in [0.15, 0.2) is 44.5 Å². The third-order valence-corrected chi connectivity index (χ3v) is 6.18. The first-order valence-corrected chi connectivity index (χ1v) is 10.6. The van der Waals surface area contributed by atoms with Crippen molar-refractivity contribution in [1.29, 1.82) is 0 Å². The third-order valence-electron chi connectivity index (χ3n) is 5.43. The fourth-order valence-electron chi connectivity index (χ4n) is 3.93. The molecule has 0 radical (unpaired) electrons. The van der Waals surface area contributed by atoms with E-state index in [1.54, 1.807) is 30.4 Å². The molecule has 1 fully saturated rings. The number of nitrogens with one attached hydrogen (secondary N) is 1. The van der Waals surface area contributed by atoms with E-state index < -0.39 is 10.9 Å². The molecule has 1 aliphatic rings. The maximum atomic E-state index is 12.3. The quantitative estimate of drug-likeness (QED) is 0.309. The van der Waals surface area contributed by atoms with Crippen LogP contribution in [-0.4, -0.2) is 29.0 Å². The van der Waals surface area contributed by atoms with Crippen LogP contribution in [0.1, 0.15) is 37.3 Å². The van der Waals surface area contributed by atoms with Gasteiger partial charge in [0.1, 0.15) is 11.4 Å². The number of anilines is 3. The van der Waals surface area contributed by atoms with E-state index in [-0.39, 0.29) is 17.9 Å². The number of hydrogen-bond acceptors (Lipinski definition) is 8. The molecule has 0 spiro atoms. The fraction of sp³-hybridized carbons (Fsp3) is 0.350. The monoisotopic (exact) mass is 425 g/mol. The molecule has 4 rings (SSSR count). The number of nitrogens with two attached hydrogens (primary N) is 2. The standard InChI is InChI=1S/C20H23N7O2S/c1-27(13-6-3-7-23-9-13)16-15(17(28)18(16)29)24-12-5-2-4-11(8-12)14-10-30-20(25-14)26-19(21)22/h3,6-7,9-12,24H,2,4-5,8H2,1H3,(H4,21,22,25,26). The number of thiazole rings is 1. The van der Waals surface area contributed by atoms with Crippen molar-refractivity contribution in [2.24, 2.45) is 16.5 Å². The summed E-state index contributed by atoms with van der Waals surface area (Å²) in [6.07, 6.45) is 7.08. The van der Waals surface area contributed by atoms with E-state index in [0.717, 1.165) is 37.1 Å². The van der Waals surface area contributed by atoms with Gasteiger partial charge >= 0.3 is 0 Å². The number of rotatable bonds is 6. The van der Waals surface area contributed by atoms with Crippen LogP contribution >= 0.6 is 11.3 Å². The van der Waals surface area contributed by atoms with Crippen LogP contribution in [-0.2, 0) is 0 Å². The predicted octanol–water partition coefficient (Wildman–Crippen LogP) is 1.95. The average Bonchev–Trinajstić information content (AvgIpc) is 3.21. The minimum absolute atomic E-state index is 0.00977. The van der Waals surface area contributed by atoms with E-state index in [4.69, 9.17) is 11.5 Å². The molecule has 5 N–H and O–H groups in total. The summed E-state index contributed by atoms with van der Waals surface area (Å²) in [7, 11) is 1.77. The number of pyridine rings is 1. The topological polar surface area (TPSA) is 140 Å². The fourth-order valence-corrected chi connectivity index (χ4v) is 4.72. The van der Waals surface area contributed by atoms with Crippen LogP contribution in [0, 0.1) is 0 Å². The van der Waals surface area contributed by atoms with Gasteiger partial charge in [-0.15, -0.1) is 11.3 Å². The molecule has 2 aromatic heterocycles. The van der Waals surface area contributed by atoms with Crippen LogP contribution in [0.2, 0.25) is 0 Å². The lowest BCUT2D eigenvalue weighted by Gasteiger charge is -2.31. The number of aliphatic imine (C=N–C) groups is 1. The molecule has 9 nitrogen and oxygen atoms in total. The molecule has 156 valence electrons. The van der Waals surface area contributed by atoms with Gasteiger partial charge in [-0.2, -0.15) is 4.99 Å². The van der Waals surface area contributed by atoms with Gasteiger partial charge in [0.25, 0.3) is 10.9 Å². The molecule has 0 saturated heterocycles. The van der Waals surface area contributed by atoms with Crippen molar-refractivity contribution in [3.63, 3.8) is 0 Å². The minimum Gasteiger partial charge on any atom is -0.377 e. The van der Waals surface area contributed by atoms with E-state index in [9.17, 15) is 9.59 Å². The molecule has 0 bridgehead atoms. The molecular formula is C20H23N7O2S. The first-order chi connectivity index (χ1) is 14.4. The Morgan fingerprint density at radius 1 is 1.30 bits per heavy atom. The Bertz CT molecular complexity index is 1130. The molecule has 2 atom stereocenters. The molecule has 0 aliphatic heterocycles. The zero-order valence-corrected chi connectivity index (χ0v) is 17.4. The van der Waals surface area contributed by atoms with E-state index >= 15 is 0 Å². The summed E-state index contributed by atoms with van der Waals surface area (Å²) in [4.78, 5) is 38.9. The van der Waals surface area contributed by atoms with Crippen molar-refractivity contribution in [2.45, 2.75) is 37.6 Å². The Morgan fingerprint density at radius 2 is 2.13 bits per heavy atom. The second-order valence-electron chi connectivity index (χ2n) is 7.45. The second-order valence-corrected chi connectivity index (χ2v) is 8.29. The Kier molecular flexibility index (Phi) is 5.49. The average molecular weight is 426 g/mol.